The number of benzene rings is 1. The Bertz CT molecular complexity index is 487. The third-order valence-electron chi connectivity index (χ3n) is 1.62. The van der Waals surface area contributed by atoms with Crippen molar-refractivity contribution in [3.05, 3.63) is 40.8 Å². The standard InChI is InChI=1S/C9H6O3.C2H6O/c10-7-5-6-3-1-2-4-8(6)12-9(7)11;1-2-3/h1-5,10H;3H,2H2,1H3. The lowest BCUT2D eigenvalue weighted by molar-refractivity contribution is 0.318. The second-order valence-electron chi connectivity index (χ2n) is 2.77. The van der Waals surface area contributed by atoms with Crippen LogP contribution in [0.4, 0.5) is 0 Å². The minimum absolute atomic E-state index is 0.250. The number of aliphatic hydroxyl groups excluding tert-OH is 1. The van der Waals surface area contributed by atoms with Crippen molar-refractivity contribution in [2.75, 3.05) is 6.61 Å². The molecular weight excluding hydrogens is 196 g/mol. The van der Waals surface area contributed by atoms with Gasteiger partial charge in [-0.05, 0) is 19.1 Å². The fourth-order valence-electron chi connectivity index (χ4n) is 1.05. The smallest absolute Gasteiger partial charge is 0.378 e. The van der Waals surface area contributed by atoms with Gasteiger partial charge < -0.3 is 14.6 Å². The molecule has 4 heteroatoms. The van der Waals surface area contributed by atoms with Crippen molar-refractivity contribution < 1.29 is 14.6 Å². The molecule has 1 aromatic heterocycles. The number of aromatic hydroxyl groups is 1. The number of fused-ring (bicyclic) bond motifs is 1. The summed E-state index contributed by atoms with van der Waals surface area (Å²) >= 11 is 0. The van der Waals surface area contributed by atoms with E-state index >= 15 is 0 Å². The Morgan fingerprint density at radius 3 is 2.60 bits per heavy atom. The van der Waals surface area contributed by atoms with Gasteiger partial charge in [0, 0.05) is 12.0 Å². The topological polar surface area (TPSA) is 70.7 Å². The molecule has 0 aliphatic carbocycles. The summed E-state index contributed by atoms with van der Waals surface area (Å²) < 4.78 is 4.79. The van der Waals surface area contributed by atoms with Gasteiger partial charge in [-0.25, -0.2) is 4.79 Å². The molecule has 4 nitrogen and oxygen atoms in total. The van der Waals surface area contributed by atoms with Gasteiger partial charge in [0.15, 0.2) is 0 Å². The molecule has 0 fully saturated rings. The summed E-state index contributed by atoms with van der Waals surface area (Å²) in [7, 11) is 0. The molecule has 80 valence electrons. The summed E-state index contributed by atoms with van der Waals surface area (Å²) in [6.07, 6.45) is 0. The molecule has 0 amide bonds. The number of aliphatic hydroxyl groups is 1. The average molecular weight is 208 g/mol. The lowest BCUT2D eigenvalue weighted by Gasteiger charge is -1.94. The Labute approximate surface area is 86.4 Å². The predicted octanol–water partition coefficient (Wildman–Crippen LogP) is 1.50. The summed E-state index contributed by atoms with van der Waals surface area (Å²) in [5, 5.41) is 17.3. The lowest BCUT2D eigenvalue weighted by Crippen LogP contribution is -1.96. The lowest BCUT2D eigenvalue weighted by atomic mass is 10.2. The average Bonchev–Trinajstić information content (AvgIpc) is 2.21. The van der Waals surface area contributed by atoms with Gasteiger partial charge in [0.2, 0.25) is 5.75 Å². The fraction of sp³-hybridized carbons (Fsp3) is 0.182. The Morgan fingerprint density at radius 2 is 1.93 bits per heavy atom. The highest BCUT2D eigenvalue weighted by Crippen LogP contribution is 2.14. The van der Waals surface area contributed by atoms with E-state index in [4.69, 9.17) is 14.6 Å². The Morgan fingerprint density at radius 1 is 1.33 bits per heavy atom. The molecular formula is C11H12O4. The summed E-state index contributed by atoms with van der Waals surface area (Å²) in [6, 6.07) is 8.40. The van der Waals surface area contributed by atoms with E-state index in [1.807, 2.05) is 6.07 Å². The first kappa shape index (κ1) is 11.3. The molecule has 0 bridgehead atoms. The molecule has 2 aromatic rings. The first-order valence-electron chi connectivity index (χ1n) is 4.51. The van der Waals surface area contributed by atoms with Crippen molar-refractivity contribution in [3.63, 3.8) is 0 Å². The third kappa shape index (κ3) is 2.82. The minimum Gasteiger partial charge on any atom is -0.502 e. The van der Waals surface area contributed by atoms with Crippen LogP contribution in [0.2, 0.25) is 0 Å². The van der Waals surface area contributed by atoms with Gasteiger partial charge in [-0.1, -0.05) is 18.2 Å². The third-order valence-corrected chi connectivity index (χ3v) is 1.62. The molecule has 0 spiro atoms. The van der Waals surface area contributed by atoms with Crippen molar-refractivity contribution in [2.24, 2.45) is 0 Å². The second-order valence-corrected chi connectivity index (χ2v) is 2.77. The van der Waals surface area contributed by atoms with Gasteiger partial charge in [0.1, 0.15) is 5.58 Å². The van der Waals surface area contributed by atoms with Gasteiger partial charge in [-0.2, -0.15) is 0 Å². The van der Waals surface area contributed by atoms with Crippen molar-refractivity contribution in [1.29, 1.82) is 0 Å². The highest BCUT2D eigenvalue weighted by Gasteiger charge is 2.00. The predicted molar refractivity (Wildman–Crippen MR) is 56.9 cm³/mol. The van der Waals surface area contributed by atoms with Crippen molar-refractivity contribution in [3.8, 4) is 5.75 Å². The van der Waals surface area contributed by atoms with E-state index in [0.717, 1.165) is 5.39 Å². The number of hydrogen-bond acceptors (Lipinski definition) is 4. The summed E-state index contributed by atoms with van der Waals surface area (Å²) in [6.45, 7) is 1.93. The molecule has 2 rings (SSSR count). The summed E-state index contributed by atoms with van der Waals surface area (Å²) in [5.74, 6) is -0.353. The van der Waals surface area contributed by atoms with Gasteiger partial charge in [0.05, 0.1) is 0 Å². The van der Waals surface area contributed by atoms with Crippen LogP contribution in [0.1, 0.15) is 6.92 Å². The Kier molecular flexibility index (Phi) is 3.88. The van der Waals surface area contributed by atoms with E-state index in [1.54, 1.807) is 25.1 Å². The Balaban J connectivity index is 0.000000337. The highest BCUT2D eigenvalue weighted by atomic mass is 16.4. The van der Waals surface area contributed by atoms with Gasteiger partial charge in [0.25, 0.3) is 0 Å². The maximum atomic E-state index is 10.8. The number of para-hydroxylation sites is 1. The molecule has 15 heavy (non-hydrogen) atoms. The van der Waals surface area contributed by atoms with Gasteiger partial charge in [-0.3, -0.25) is 0 Å². The van der Waals surface area contributed by atoms with E-state index < -0.39 is 5.63 Å². The normalized spacial score (nSPS) is 9.47. The Hall–Kier alpha value is -1.81. The maximum absolute atomic E-state index is 10.8. The van der Waals surface area contributed by atoms with Crippen LogP contribution in [0, 0.1) is 0 Å². The van der Waals surface area contributed by atoms with E-state index in [9.17, 15) is 4.79 Å². The zero-order valence-electron chi connectivity index (χ0n) is 8.30. The van der Waals surface area contributed by atoms with Crippen molar-refractivity contribution in [2.45, 2.75) is 6.92 Å². The molecule has 0 unspecified atom stereocenters. The SMILES string of the molecule is CCO.O=c1oc2ccccc2cc1O. The van der Waals surface area contributed by atoms with Crippen molar-refractivity contribution in [1.82, 2.24) is 0 Å². The quantitative estimate of drug-likeness (QED) is 0.643. The molecule has 2 N–H and O–H groups in total. The van der Waals surface area contributed by atoms with Crippen LogP contribution in [0.3, 0.4) is 0 Å². The molecule has 1 aromatic carbocycles. The summed E-state index contributed by atoms with van der Waals surface area (Å²) in [4.78, 5) is 10.8. The monoisotopic (exact) mass is 208 g/mol. The van der Waals surface area contributed by atoms with Crippen LogP contribution in [0.5, 0.6) is 5.75 Å². The first-order chi connectivity index (χ1) is 7.19. The number of rotatable bonds is 0. The highest BCUT2D eigenvalue weighted by molar-refractivity contribution is 5.77. The zero-order chi connectivity index (χ0) is 11.3. The van der Waals surface area contributed by atoms with Crippen LogP contribution in [-0.4, -0.2) is 16.8 Å². The van der Waals surface area contributed by atoms with Crippen LogP contribution in [0.25, 0.3) is 11.0 Å². The van der Waals surface area contributed by atoms with E-state index in [-0.39, 0.29) is 12.4 Å². The molecule has 0 aliphatic heterocycles. The van der Waals surface area contributed by atoms with E-state index in [0.29, 0.717) is 5.58 Å². The molecule has 0 radical (unpaired) electrons. The van der Waals surface area contributed by atoms with Crippen molar-refractivity contribution >= 4 is 11.0 Å². The molecule has 1 heterocycles. The van der Waals surface area contributed by atoms with Crippen LogP contribution in [-0.2, 0) is 0 Å². The van der Waals surface area contributed by atoms with Gasteiger partial charge in [-0.15, -0.1) is 0 Å². The fourth-order valence-corrected chi connectivity index (χ4v) is 1.05. The van der Waals surface area contributed by atoms with E-state index in [1.165, 1.54) is 6.07 Å². The molecule has 0 saturated heterocycles. The van der Waals surface area contributed by atoms with Crippen LogP contribution < -0.4 is 5.63 Å². The second kappa shape index (κ2) is 5.17. The largest absolute Gasteiger partial charge is 0.502 e. The molecule has 0 aliphatic rings. The number of hydrogen-bond donors (Lipinski definition) is 2. The first-order valence-corrected chi connectivity index (χ1v) is 4.51. The maximum Gasteiger partial charge on any atom is 0.378 e. The zero-order valence-corrected chi connectivity index (χ0v) is 8.30. The van der Waals surface area contributed by atoms with E-state index in [2.05, 4.69) is 0 Å². The van der Waals surface area contributed by atoms with Gasteiger partial charge >= 0.3 is 5.63 Å². The van der Waals surface area contributed by atoms with Crippen LogP contribution >= 0.6 is 0 Å². The summed E-state index contributed by atoms with van der Waals surface area (Å²) in [5.41, 5.74) is -0.214. The minimum atomic E-state index is -0.700. The molecule has 0 saturated carbocycles. The molecule has 0 atom stereocenters. The van der Waals surface area contributed by atoms with Crippen LogP contribution in [0.15, 0.2) is 39.5 Å².